The van der Waals surface area contributed by atoms with Gasteiger partial charge in [-0.2, -0.15) is 13.2 Å². The van der Waals surface area contributed by atoms with Crippen LogP contribution in [0.4, 0.5) is 13.2 Å². The Kier molecular flexibility index (Phi) is 9.67. The van der Waals surface area contributed by atoms with Gasteiger partial charge in [0.2, 0.25) is 0 Å². The first-order valence-corrected chi connectivity index (χ1v) is 8.86. The number of aliphatic imine (C=N–C) groups is 1. The lowest BCUT2D eigenvalue weighted by atomic mass is 10.2. The smallest absolute Gasteiger partial charge is 0.357 e. The van der Waals surface area contributed by atoms with Gasteiger partial charge in [0.15, 0.2) is 15.8 Å². The summed E-state index contributed by atoms with van der Waals surface area (Å²) < 4.78 is 58.7. The molecule has 0 bridgehead atoms. The van der Waals surface area contributed by atoms with Gasteiger partial charge < -0.3 is 10.6 Å². The first-order valence-electron chi connectivity index (χ1n) is 7.04. The summed E-state index contributed by atoms with van der Waals surface area (Å²) in [5, 5.41) is 5.98. The van der Waals surface area contributed by atoms with Crippen LogP contribution in [0.5, 0.6) is 0 Å². The van der Waals surface area contributed by atoms with Crippen LogP contribution >= 0.6 is 24.0 Å². The molecule has 1 unspecified atom stereocenters. The second-order valence-corrected chi connectivity index (χ2v) is 7.31. The molecule has 1 fully saturated rings. The summed E-state index contributed by atoms with van der Waals surface area (Å²) in [5.41, 5.74) is 0. The van der Waals surface area contributed by atoms with Gasteiger partial charge in [0, 0.05) is 25.6 Å². The molecule has 0 amide bonds. The number of halogens is 4. The molecule has 10 heteroatoms. The third kappa shape index (κ3) is 9.70. The molecule has 1 rings (SSSR count). The van der Waals surface area contributed by atoms with Gasteiger partial charge in [-0.15, -0.1) is 24.0 Å². The highest BCUT2D eigenvalue weighted by atomic mass is 127. The molecule has 1 saturated heterocycles. The zero-order valence-corrected chi connectivity index (χ0v) is 15.6. The van der Waals surface area contributed by atoms with E-state index in [9.17, 15) is 21.6 Å². The third-order valence-electron chi connectivity index (χ3n) is 3.06. The molecule has 132 valence electrons. The van der Waals surface area contributed by atoms with E-state index in [-0.39, 0.29) is 54.5 Å². The molecule has 0 aromatic carbocycles. The van der Waals surface area contributed by atoms with Gasteiger partial charge in [0.1, 0.15) is 0 Å². The number of sulfone groups is 1. The number of guanidine groups is 1. The first-order chi connectivity index (χ1) is 9.72. The monoisotopic (exact) mass is 457 g/mol. The van der Waals surface area contributed by atoms with Gasteiger partial charge >= 0.3 is 6.18 Å². The van der Waals surface area contributed by atoms with Gasteiger partial charge in [-0.25, -0.2) is 8.42 Å². The van der Waals surface area contributed by atoms with E-state index in [1.54, 1.807) is 0 Å². The summed E-state index contributed by atoms with van der Waals surface area (Å²) >= 11 is 0. The highest BCUT2D eigenvalue weighted by molar-refractivity contribution is 14.0. The van der Waals surface area contributed by atoms with Gasteiger partial charge in [-0.1, -0.05) is 0 Å². The SMILES string of the molecule is CCNC(=NCCCCC(F)(F)F)NC1CCS(=O)(=O)C1.I. The van der Waals surface area contributed by atoms with Crippen LogP contribution in [0.1, 0.15) is 32.6 Å². The lowest BCUT2D eigenvalue weighted by molar-refractivity contribution is -0.135. The van der Waals surface area contributed by atoms with Gasteiger partial charge in [0.05, 0.1) is 11.5 Å². The summed E-state index contributed by atoms with van der Waals surface area (Å²) in [4.78, 5) is 4.18. The predicted octanol–water partition coefficient (Wildman–Crippen LogP) is 2.08. The maximum Gasteiger partial charge on any atom is 0.389 e. The average Bonchev–Trinajstić information content (AvgIpc) is 2.67. The number of rotatable bonds is 6. The number of nitrogens with zero attached hydrogens (tertiary/aromatic N) is 1. The molecule has 5 nitrogen and oxygen atoms in total. The molecule has 0 spiro atoms. The normalized spacial score (nSPS) is 21.3. The van der Waals surface area contributed by atoms with Gasteiger partial charge in [-0.05, 0) is 26.2 Å². The fourth-order valence-electron chi connectivity index (χ4n) is 2.05. The van der Waals surface area contributed by atoms with E-state index in [0.29, 0.717) is 25.3 Å². The summed E-state index contributed by atoms with van der Waals surface area (Å²) in [7, 11) is -2.97. The minimum atomic E-state index is -4.12. The number of unbranched alkanes of at least 4 members (excludes halogenated alkanes) is 1. The maximum atomic E-state index is 12.0. The Bertz CT molecular complexity index is 455. The van der Waals surface area contributed by atoms with Crippen LogP contribution in [0, 0.1) is 0 Å². The Labute approximate surface area is 146 Å². The van der Waals surface area contributed by atoms with E-state index in [0.717, 1.165) is 0 Å². The lowest BCUT2D eigenvalue weighted by Gasteiger charge is -2.15. The lowest BCUT2D eigenvalue weighted by Crippen LogP contribution is -2.44. The minimum Gasteiger partial charge on any atom is -0.357 e. The van der Waals surface area contributed by atoms with Crippen molar-refractivity contribution in [1.29, 1.82) is 0 Å². The van der Waals surface area contributed by atoms with Crippen LogP contribution in [-0.2, 0) is 9.84 Å². The van der Waals surface area contributed by atoms with E-state index in [4.69, 9.17) is 0 Å². The van der Waals surface area contributed by atoms with Crippen molar-refractivity contribution in [1.82, 2.24) is 10.6 Å². The van der Waals surface area contributed by atoms with Crippen molar-refractivity contribution in [2.24, 2.45) is 4.99 Å². The number of alkyl halides is 3. The summed E-state index contributed by atoms with van der Waals surface area (Å²) in [6, 6.07) is -0.178. The molecule has 1 aliphatic rings. The van der Waals surface area contributed by atoms with Crippen molar-refractivity contribution < 1.29 is 21.6 Å². The third-order valence-corrected chi connectivity index (χ3v) is 4.82. The van der Waals surface area contributed by atoms with Crippen molar-refractivity contribution in [3.63, 3.8) is 0 Å². The quantitative estimate of drug-likeness (QED) is 0.278. The average molecular weight is 457 g/mol. The molecule has 1 aliphatic heterocycles. The highest BCUT2D eigenvalue weighted by Gasteiger charge is 2.28. The van der Waals surface area contributed by atoms with Crippen LogP contribution in [0.15, 0.2) is 4.99 Å². The maximum absolute atomic E-state index is 12.0. The molecule has 0 aromatic heterocycles. The van der Waals surface area contributed by atoms with Gasteiger partial charge in [-0.3, -0.25) is 4.99 Å². The topological polar surface area (TPSA) is 70.6 Å². The van der Waals surface area contributed by atoms with Crippen LogP contribution in [0.2, 0.25) is 0 Å². The van der Waals surface area contributed by atoms with Crippen LogP contribution in [0.25, 0.3) is 0 Å². The van der Waals surface area contributed by atoms with E-state index in [1.807, 2.05) is 6.92 Å². The van der Waals surface area contributed by atoms with E-state index >= 15 is 0 Å². The fraction of sp³-hybridized carbons (Fsp3) is 0.917. The van der Waals surface area contributed by atoms with Crippen molar-refractivity contribution >= 4 is 39.8 Å². The molecular formula is C12H23F3IN3O2S. The first kappa shape index (κ1) is 21.7. The molecular weight excluding hydrogens is 434 g/mol. The molecule has 0 radical (unpaired) electrons. The van der Waals surface area contributed by atoms with Crippen LogP contribution < -0.4 is 10.6 Å². The fourth-order valence-corrected chi connectivity index (χ4v) is 3.72. The molecule has 0 aliphatic carbocycles. The molecule has 1 atom stereocenters. The zero-order chi connectivity index (χ0) is 15.9. The number of hydrogen-bond acceptors (Lipinski definition) is 3. The zero-order valence-electron chi connectivity index (χ0n) is 12.4. The van der Waals surface area contributed by atoms with Gasteiger partial charge in [0.25, 0.3) is 0 Å². The van der Waals surface area contributed by atoms with Crippen molar-refractivity contribution in [2.75, 3.05) is 24.6 Å². The minimum absolute atomic E-state index is 0. The molecule has 1 heterocycles. The van der Waals surface area contributed by atoms with E-state index < -0.39 is 22.4 Å². The van der Waals surface area contributed by atoms with Crippen molar-refractivity contribution in [2.45, 2.75) is 44.8 Å². The Morgan fingerprint density at radius 3 is 2.50 bits per heavy atom. The van der Waals surface area contributed by atoms with Crippen molar-refractivity contribution in [3.05, 3.63) is 0 Å². The van der Waals surface area contributed by atoms with E-state index in [2.05, 4.69) is 15.6 Å². The van der Waals surface area contributed by atoms with Crippen LogP contribution in [-0.4, -0.2) is 51.2 Å². The molecule has 2 N–H and O–H groups in total. The second kappa shape index (κ2) is 9.78. The Balaban J connectivity index is 0.00000441. The Morgan fingerprint density at radius 1 is 1.32 bits per heavy atom. The number of nitrogens with one attached hydrogen (secondary N) is 2. The summed E-state index contributed by atoms with van der Waals surface area (Å²) in [5.74, 6) is 0.702. The largest absolute Gasteiger partial charge is 0.389 e. The second-order valence-electron chi connectivity index (χ2n) is 5.08. The Morgan fingerprint density at radius 2 is 2.00 bits per heavy atom. The summed E-state index contributed by atoms with van der Waals surface area (Å²) in [6.45, 7) is 2.75. The molecule has 0 saturated carbocycles. The Hall–Kier alpha value is -0.260. The van der Waals surface area contributed by atoms with Crippen LogP contribution in [0.3, 0.4) is 0 Å². The van der Waals surface area contributed by atoms with E-state index in [1.165, 1.54) is 0 Å². The summed E-state index contributed by atoms with van der Waals surface area (Å²) in [6.07, 6.45) is -4.00. The highest BCUT2D eigenvalue weighted by Crippen LogP contribution is 2.22. The van der Waals surface area contributed by atoms with Crippen molar-refractivity contribution in [3.8, 4) is 0 Å². The molecule has 22 heavy (non-hydrogen) atoms. The predicted molar refractivity (Wildman–Crippen MR) is 91.5 cm³/mol. The standard InChI is InChI=1S/C12H22F3N3O2S.HI/c1-2-16-11(17-7-4-3-6-12(13,14)15)18-10-5-8-21(19,20)9-10;/h10H,2-9H2,1H3,(H2,16,17,18);1H. The molecule has 0 aromatic rings. The number of hydrogen-bond donors (Lipinski definition) is 2.